The first-order chi connectivity index (χ1) is 8.97. The average molecular weight is 273 g/mol. The summed E-state index contributed by atoms with van der Waals surface area (Å²) in [6.45, 7) is 7.23. The van der Waals surface area contributed by atoms with E-state index in [-0.39, 0.29) is 12.5 Å². The number of hydrogen-bond donors (Lipinski definition) is 2. The molecule has 1 heterocycles. The molecule has 5 heteroatoms. The van der Waals surface area contributed by atoms with Gasteiger partial charge in [0, 0.05) is 0 Å². The van der Waals surface area contributed by atoms with Crippen LogP contribution in [0.4, 0.5) is 4.79 Å². The highest BCUT2D eigenvalue weighted by molar-refractivity contribution is 5.69. The molecule has 0 aromatic heterocycles. The predicted molar refractivity (Wildman–Crippen MR) is 72.8 cm³/mol. The SMILES string of the molecule is CCCCC(C(C)C)C(O)C(O)CN1CCOC1=O. The van der Waals surface area contributed by atoms with Crippen LogP contribution in [0, 0.1) is 11.8 Å². The van der Waals surface area contributed by atoms with E-state index < -0.39 is 18.3 Å². The van der Waals surface area contributed by atoms with E-state index >= 15 is 0 Å². The summed E-state index contributed by atoms with van der Waals surface area (Å²) < 4.78 is 4.81. The smallest absolute Gasteiger partial charge is 0.410 e. The Kier molecular flexibility index (Phi) is 6.58. The lowest BCUT2D eigenvalue weighted by Crippen LogP contribution is -2.44. The monoisotopic (exact) mass is 273 g/mol. The zero-order valence-corrected chi connectivity index (χ0v) is 12.2. The maximum atomic E-state index is 11.3. The molecular formula is C14H27NO4. The normalized spacial score (nSPS) is 20.5. The third-order valence-corrected chi connectivity index (χ3v) is 3.83. The van der Waals surface area contributed by atoms with Crippen molar-refractivity contribution in [3.05, 3.63) is 0 Å². The second-order valence-corrected chi connectivity index (χ2v) is 5.67. The van der Waals surface area contributed by atoms with Crippen molar-refractivity contribution in [2.75, 3.05) is 19.7 Å². The molecule has 0 aromatic carbocycles. The zero-order chi connectivity index (χ0) is 14.4. The summed E-state index contributed by atoms with van der Waals surface area (Å²) in [5.41, 5.74) is 0. The highest BCUT2D eigenvalue weighted by Crippen LogP contribution is 2.24. The number of aliphatic hydroxyl groups excluding tert-OH is 2. The highest BCUT2D eigenvalue weighted by Gasteiger charge is 2.32. The minimum Gasteiger partial charge on any atom is -0.448 e. The predicted octanol–water partition coefficient (Wildman–Crippen LogP) is 1.62. The number of ether oxygens (including phenoxy) is 1. The van der Waals surface area contributed by atoms with Gasteiger partial charge in [0.1, 0.15) is 6.61 Å². The van der Waals surface area contributed by atoms with Crippen molar-refractivity contribution < 1.29 is 19.7 Å². The Morgan fingerprint density at radius 1 is 1.37 bits per heavy atom. The van der Waals surface area contributed by atoms with E-state index in [0.29, 0.717) is 19.1 Å². The number of carbonyl (C=O) groups is 1. The van der Waals surface area contributed by atoms with Crippen LogP contribution in [0.3, 0.4) is 0 Å². The van der Waals surface area contributed by atoms with Crippen LogP contribution in [0.25, 0.3) is 0 Å². The summed E-state index contributed by atoms with van der Waals surface area (Å²) in [7, 11) is 0. The van der Waals surface area contributed by atoms with Crippen LogP contribution in [-0.4, -0.2) is 53.1 Å². The summed E-state index contributed by atoms with van der Waals surface area (Å²) in [6, 6.07) is 0. The van der Waals surface area contributed by atoms with Crippen molar-refractivity contribution in [3.8, 4) is 0 Å². The number of amides is 1. The van der Waals surface area contributed by atoms with Crippen molar-refractivity contribution in [2.45, 2.75) is 52.2 Å². The van der Waals surface area contributed by atoms with E-state index in [4.69, 9.17) is 4.74 Å². The van der Waals surface area contributed by atoms with Gasteiger partial charge in [-0.1, -0.05) is 33.6 Å². The molecule has 1 rings (SSSR count). The van der Waals surface area contributed by atoms with Crippen molar-refractivity contribution >= 4 is 6.09 Å². The summed E-state index contributed by atoms with van der Waals surface area (Å²) in [6.07, 6.45) is 0.912. The quantitative estimate of drug-likeness (QED) is 0.705. The highest BCUT2D eigenvalue weighted by atomic mass is 16.6. The first kappa shape index (κ1) is 16.2. The van der Waals surface area contributed by atoms with Crippen LogP contribution >= 0.6 is 0 Å². The molecule has 1 amide bonds. The minimum atomic E-state index is -0.907. The molecule has 1 aliphatic heterocycles. The minimum absolute atomic E-state index is 0.0635. The van der Waals surface area contributed by atoms with E-state index in [1.807, 2.05) is 0 Å². The molecule has 3 atom stereocenters. The van der Waals surface area contributed by atoms with Gasteiger partial charge in [0.15, 0.2) is 0 Å². The standard InChI is InChI=1S/C14H27NO4/c1-4-5-6-11(10(2)3)13(17)12(16)9-15-7-8-19-14(15)18/h10-13,16-17H,4-9H2,1-3H3. The Morgan fingerprint density at radius 2 is 2.05 bits per heavy atom. The number of aliphatic hydroxyl groups is 2. The van der Waals surface area contributed by atoms with E-state index in [1.54, 1.807) is 0 Å². The summed E-state index contributed by atoms with van der Waals surface area (Å²) in [4.78, 5) is 12.8. The third kappa shape index (κ3) is 4.66. The van der Waals surface area contributed by atoms with E-state index in [2.05, 4.69) is 20.8 Å². The third-order valence-electron chi connectivity index (χ3n) is 3.83. The number of cyclic esters (lactones) is 1. The Bertz CT molecular complexity index is 283. The lowest BCUT2D eigenvalue weighted by Gasteiger charge is -2.31. The molecule has 0 aromatic rings. The summed E-state index contributed by atoms with van der Waals surface area (Å²) >= 11 is 0. The maximum absolute atomic E-state index is 11.3. The van der Waals surface area contributed by atoms with Crippen molar-refractivity contribution in [3.63, 3.8) is 0 Å². The first-order valence-electron chi connectivity index (χ1n) is 7.25. The number of carbonyl (C=O) groups excluding carboxylic acids is 1. The molecule has 19 heavy (non-hydrogen) atoms. The average Bonchev–Trinajstić information content (AvgIpc) is 2.74. The van der Waals surface area contributed by atoms with Gasteiger partial charge < -0.3 is 19.8 Å². The molecule has 0 spiro atoms. The number of nitrogens with zero attached hydrogens (tertiary/aromatic N) is 1. The molecule has 112 valence electrons. The van der Waals surface area contributed by atoms with Gasteiger partial charge in [0.2, 0.25) is 0 Å². The molecule has 1 aliphatic rings. The molecule has 0 radical (unpaired) electrons. The van der Waals surface area contributed by atoms with E-state index in [1.165, 1.54) is 4.90 Å². The van der Waals surface area contributed by atoms with Gasteiger partial charge >= 0.3 is 6.09 Å². The van der Waals surface area contributed by atoms with Crippen LogP contribution in [0.1, 0.15) is 40.0 Å². The van der Waals surface area contributed by atoms with Gasteiger partial charge in [-0.2, -0.15) is 0 Å². The van der Waals surface area contributed by atoms with Crippen LogP contribution < -0.4 is 0 Å². The Morgan fingerprint density at radius 3 is 2.53 bits per heavy atom. The topological polar surface area (TPSA) is 70.0 Å². The second kappa shape index (κ2) is 7.70. The molecular weight excluding hydrogens is 246 g/mol. The fraction of sp³-hybridized carbons (Fsp3) is 0.929. The molecule has 0 bridgehead atoms. The molecule has 1 saturated heterocycles. The van der Waals surface area contributed by atoms with Crippen LogP contribution in [0.5, 0.6) is 0 Å². The van der Waals surface area contributed by atoms with Gasteiger partial charge in [0.05, 0.1) is 25.3 Å². The van der Waals surface area contributed by atoms with E-state index in [9.17, 15) is 15.0 Å². The van der Waals surface area contributed by atoms with Gasteiger partial charge in [-0.3, -0.25) is 0 Å². The van der Waals surface area contributed by atoms with Crippen molar-refractivity contribution in [1.82, 2.24) is 4.90 Å². The molecule has 3 unspecified atom stereocenters. The molecule has 1 fully saturated rings. The lowest BCUT2D eigenvalue weighted by molar-refractivity contribution is -0.0413. The Hall–Kier alpha value is -0.810. The van der Waals surface area contributed by atoms with Crippen LogP contribution in [0.2, 0.25) is 0 Å². The van der Waals surface area contributed by atoms with Crippen LogP contribution in [0.15, 0.2) is 0 Å². The molecule has 2 N–H and O–H groups in total. The van der Waals surface area contributed by atoms with Crippen LogP contribution in [-0.2, 0) is 4.74 Å². The number of hydrogen-bond acceptors (Lipinski definition) is 4. The fourth-order valence-corrected chi connectivity index (χ4v) is 2.55. The van der Waals surface area contributed by atoms with Crippen molar-refractivity contribution in [2.24, 2.45) is 11.8 Å². The van der Waals surface area contributed by atoms with E-state index in [0.717, 1.165) is 19.3 Å². The van der Waals surface area contributed by atoms with Gasteiger partial charge in [0.25, 0.3) is 0 Å². The van der Waals surface area contributed by atoms with Crippen molar-refractivity contribution in [1.29, 1.82) is 0 Å². The number of rotatable bonds is 8. The molecule has 0 saturated carbocycles. The largest absolute Gasteiger partial charge is 0.448 e. The maximum Gasteiger partial charge on any atom is 0.410 e. The van der Waals surface area contributed by atoms with Gasteiger partial charge in [-0.05, 0) is 18.3 Å². The summed E-state index contributed by atoms with van der Waals surface area (Å²) in [5, 5.41) is 20.4. The molecule has 5 nitrogen and oxygen atoms in total. The fourth-order valence-electron chi connectivity index (χ4n) is 2.55. The number of β-amino-alcohol motifs (C(OH)–C–C–N with tert-alkyl or cyclic N) is 1. The summed E-state index contributed by atoms with van der Waals surface area (Å²) in [5.74, 6) is 0.371. The zero-order valence-electron chi connectivity index (χ0n) is 12.2. The second-order valence-electron chi connectivity index (χ2n) is 5.67. The van der Waals surface area contributed by atoms with Gasteiger partial charge in [-0.25, -0.2) is 4.79 Å². The Labute approximate surface area is 115 Å². The Balaban J connectivity index is 2.52. The first-order valence-corrected chi connectivity index (χ1v) is 7.25. The molecule has 0 aliphatic carbocycles. The van der Waals surface area contributed by atoms with Gasteiger partial charge in [-0.15, -0.1) is 0 Å². The lowest BCUT2D eigenvalue weighted by atomic mass is 9.83. The number of unbranched alkanes of at least 4 members (excludes halogenated alkanes) is 1.